The lowest BCUT2D eigenvalue weighted by atomic mass is 10.0. The molecule has 4 heteroatoms. The summed E-state index contributed by atoms with van der Waals surface area (Å²) in [6.07, 6.45) is 1.67. The predicted octanol–water partition coefficient (Wildman–Crippen LogP) is 5.69. The molecule has 2 nitrogen and oxygen atoms in total. The number of H-pyrrole nitrogens is 1. The Labute approximate surface area is 137 Å². The highest BCUT2D eigenvalue weighted by molar-refractivity contribution is 7.71. The van der Waals surface area contributed by atoms with Crippen LogP contribution >= 0.6 is 23.6 Å². The number of hydrogen-bond donors (Lipinski definition) is 1. The van der Waals surface area contributed by atoms with Gasteiger partial charge in [-0.25, -0.2) is 4.98 Å². The van der Waals surface area contributed by atoms with E-state index in [-0.39, 0.29) is 0 Å². The standard InChI is InChI=1S/C18H12N2S2/c21-17-15-14(12-7-3-1-4-8-12)16(13-9-5-2-6-10-13)22-18(15)20-11-19-17/h1-11H,(H,19,20,21). The molecule has 0 amide bonds. The lowest BCUT2D eigenvalue weighted by Crippen LogP contribution is -1.83. The minimum absolute atomic E-state index is 0.738. The van der Waals surface area contributed by atoms with Crippen molar-refractivity contribution in [2.24, 2.45) is 0 Å². The summed E-state index contributed by atoms with van der Waals surface area (Å²) in [6.45, 7) is 0. The van der Waals surface area contributed by atoms with Crippen LogP contribution in [-0.2, 0) is 0 Å². The van der Waals surface area contributed by atoms with Gasteiger partial charge in [-0.1, -0.05) is 72.9 Å². The number of thiophene rings is 1. The van der Waals surface area contributed by atoms with E-state index in [0.29, 0.717) is 0 Å². The number of benzene rings is 2. The third-order valence-electron chi connectivity index (χ3n) is 3.59. The Balaban J connectivity index is 2.14. The fourth-order valence-corrected chi connectivity index (χ4v) is 4.11. The highest BCUT2D eigenvalue weighted by Gasteiger charge is 2.17. The molecule has 106 valence electrons. The number of aromatic amines is 1. The molecule has 2 heterocycles. The Morgan fingerprint density at radius 1 is 0.864 bits per heavy atom. The third kappa shape index (κ3) is 2.17. The summed E-state index contributed by atoms with van der Waals surface area (Å²) in [5.74, 6) is 0. The maximum Gasteiger partial charge on any atom is 0.129 e. The molecule has 0 aliphatic carbocycles. The summed E-state index contributed by atoms with van der Waals surface area (Å²) in [4.78, 5) is 9.71. The summed E-state index contributed by atoms with van der Waals surface area (Å²) in [7, 11) is 0. The highest BCUT2D eigenvalue weighted by atomic mass is 32.1. The second kappa shape index (κ2) is 5.48. The molecule has 0 fully saturated rings. The molecule has 2 aromatic carbocycles. The zero-order valence-electron chi connectivity index (χ0n) is 11.6. The molecule has 4 rings (SSSR count). The normalized spacial score (nSPS) is 10.9. The number of fused-ring (bicyclic) bond motifs is 1. The summed E-state index contributed by atoms with van der Waals surface area (Å²) >= 11 is 7.20. The van der Waals surface area contributed by atoms with Gasteiger partial charge in [-0.05, 0) is 11.1 Å². The Hall–Kier alpha value is -2.30. The first-order chi connectivity index (χ1) is 10.8. The Kier molecular flexibility index (Phi) is 3.33. The lowest BCUT2D eigenvalue weighted by Gasteiger charge is -2.05. The number of nitrogens with zero attached hydrogens (tertiary/aromatic N) is 1. The molecule has 0 saturated heterocycles. The second-order valence-electron chi connectivity index (χ2n) is 4.95. The van der Waals surface area contributed by atoms with Gasteiger partial charge in [-0.3, -0.25) is 0 Å². The molecule has 0 bridgehead atoms. The average Bonchev–Trinajstić information content (AvgIpc) is 2.97. The Bertz CT molecular complexity index is 986. The van der Waals surface area contributed by atoms with Crippen LogP contribution in [0.2, 0.25) is 0 Å². The van der Waals surface area contributed by atoms with E-state index in [0.717, 1.165) is 14.9 Å². The molecular formula is C18H12N2S2. The lowest BCUT2D eigenvalue weighted by molar-refractivity contribution is 1.22. The molecule has 22 heavy (non-hydrogen) atoms. The van der Waals surface area contributed by atoms with Crippen molar-refractivity contribution in [3.63, 3.8) is 0 Å². The second-order valence-corrected chi connectivity index (χ2v) is 6.36. The van der Waals surface area contributed by atoms with E-state index in [1.165, 1.54) is 21.6 Å². The fraction of sp³-hybridized carbons (Fsp3) is 0. The van der Waals surface area contributed by atoms with E-state index in [9.17, 15) is 0 Å². The van der Waals surface area contributed by atoms with E-state index in [1.807, 2.05) is 12.1 Å². The van der Waals surface area contributed by atoms with Crippen LogP contribution in [0.1, 0.15) is 0 Å². The van der Waals surface area contributed by atoms with Gasteiger partial charge in [0.25, 0.3) is 0 Å². The number of rotatable bonds is 2. The zero-order valence-corrected chi connectivity index (χ0v) is 13.2. The summed E-state index contributed by atoms with van der Waals surface area (Å²) in [6, 6.07) is 20.8. The van der Waals surface area contributed by atoms with Gasteiger partial charge in [0.2, 0.25) is 0 Å². The zero-order chi connectivity index (χ0) is 14.9. The van der Waals surface area contributed by atoms with Crippen LogP contribution in [0.25, 0.3) is 31.8 Å². The van der Waals surface area contributed by atoms with Gasteiger partial charge in [0.15, 0.2) is 0 Å². The van der Waals surface area contributed by atoms with Crippen LogP contribution in [0, 0.1) is 4.64 Å². The molecule has 0 aliphatic rings. The molecule has 0 atom stereocenters. The molecule has 0 saturated carbocycles. The van der Waals surface area contributed by atoms with Gasteiger partial charge >= 0.3 is 0 Å². The van der Waals surface area contributed by atoms with E-state index in [2.05, 4.69) is 58.5 Å². The Morgan fingerprint density at radius 2 is 1.50 bits per heavy atom. The molecule has 0 spiro atoms. The first-order valence-corrected chi connectivity index (χ1v) is 8.18. The Morgan fingerprint density at radius 3 is 2.18 bits per heavy atom. The predicted molar refractivity (Wildman–Crippen MR) is 95.7 cm³/mol. The van der Waals surface area contributed by atoms with Crippen molar-refractivity contribution in [2.45, 2.75) is 0 Å². The fourth-order valence-electron chi connectivity index (χ4n) is 2.62. The minimum atomic E-state index is 0.738. The first kappa shape index (κ1) is 13.4. The van der Waals surface area contributed by atoms with Crippen LogP contribution in [0.5, 0.6) is 0 Å². The maximum absolute atomic E-state index is 5.52. The molecule has 4 aromatic rings. The van der Waals surface area contributed by atoms with Gasteiger partial charge in [0.05, 0.1) is 11.7 Å². The van der Waals surface area contributed by atoms with Crippen molar-refractivity contribution >= 4 is 33.8 Å². The first-order valence-electron chi connectivity index (χ1n) is 6.95. The van der Waals surface area contributed by atoms with Crippen LogP contribution in [0.4, 0.5) is 0 Å². The highest BCUT2D eigenvalue weighted by Crippen LogP contribution is 2.43. The summed E-state index contributed by atoms with van der Waals surface area (Å²) in [5, 5.41) is 1.03. The van der Waals surface area contributed by atoms with Crippen LogP contribution in [0.3, 0.4) is 0 Å². The largest absolute Gasteiger partial charge is 0.337 e. The van der Waals surface area contributed by atoms with Crippen molar-refractivity contribution in [1.29, 1.82) is 0 Å². The number of aromatic nitrogens is 2. The third-order valence-corrected chi connectivity index (χ3v) is 5.06. The maximum atomic E-state index is 5.52. The molecule has 1 N–H and O–H groups in total. The summed E-state index contributed by atoms with van der Waals surface area (Å²) < 4.78 is 0.738. The van der Waals surface area contributed by atoms with Gasteiger partial charge in [-0.15, -0.1) is 11.3 Å². The van der Waals surface area contributed by atoms with Gasteiger partial charge in [-0.2, -0.15) is 0 Å². The summed E-state index contributed by atoms with van der Waals surface area (Å²) in [5.41, 5.74) is 3.53. The van der Waals surface area contributed by atoms with E-state index < -0.39 is 0 Å². The topological polar surface area (TPSA) is 28.7 Å². The molecule has 0 radical (unpaired) electrons. The molecule has 2 aromatic heterocycles. The quantitative estimate of drug-likeness (QED) is 0.481. The minimum Gasteiger partial charge on any atom is -0.337 e. The van der Waals surface area contributed by atoms with Gasteiger partial charge in [0, 0.05) is 10.4 Å². The smallest absolute Gasteiger partial charge is 0.129 e. The van der Waals surface area contributed by atoms with Crippen molar-refractivity contribution in [1.82, 2.24) is 9.97 Å². The van der Waals surface area contributed by atoms with Crippen molar-refractivity contribution < 1.29 is 0 Å². The molecular weight excluding hydrogens is 308 g/mol. The van der Waals surface area contributed by atoms with Gasteiger partial charge in [0.1, 0.15) is 9.47 Å². The van der Waals surface area contributed by atoms with Crippen molar-refractivity contribution in [3.05, 3.63) is 71.6 Å². The van der Waals surface area contributed by atoms with E-state index >= 15 is 0 Å². The van der Waals surface area contributed by atoms with Crippen LogP contribution < -0.4 is 0 Å². The number of hydrogen-bond acceptors (Lipinski definition) is 3. The van der Waals surface area contributed by atoms with E-state index in [1.54, 1.807) is 17.7 Å². The molecule has 0 unspecified atom stereocenters. The number of nitrogens with one attached hydrogen (secondary N) is 1. The molecule has 0 aliphatic heterocycles. The van der Waals surface area contributed by atoms with Crippen molar-refractivity contribution in [2.75, 3.05) is 0 Å². The van der Waals surface area contributed by atoms with E-state index in [4.69, 9.17) is 12.2 Å². The van der Waals surface area contributed by atoms with Crippen molar-refractivity contribution in [3.8, 4) is 21.6 Å². The SMILES string of the molecule is S=c1[nH]cnc2sc(-c3ccccc3)c(-c3ccccc3)c12. The van der Waals surface area contributed by atoms with Gasteiger partial charge < -0.3 is 4.98 Å². The van der Waals surface area contributed by atoms with Crippen LogP contribution in [0.15, 0.2) is 67.0 Å². The average molecular weight is 320 g/mol. The monoisotopic (exact) mass is 320 g/mol. The van der Waals surface area contributed by atoms with Crippen LogP contribution in [-0.4, -0.2) is 9.97 Å².